The maximum Gasteiger partial charge on any atom is 0.0508 e. The van der Waals surface area contributed by atoms with Crippen LogP contribution in [0.25, 0.3) is 0 Å². The molecule has 0 radical (unpaired) electrons. The highest BCUT2D eigenvalue weighted by Gasteiger charge is 2.68. The topological polar surface area (TPSA) is 32.3 Å². The van der Waals surface area contributed by atoms with Crippen LogP contribution in [0.5, 0.6) is 0 Å². The lowest BCUT2D eigenvalue weighted by Crippen LogP contribution is -2.40. The minimum absolute atomic E-state index is 0.0824. The molecular formula is C13H16ClNO. The van der Waals surface area contributed by atoms with Crippen LogP contribution in [0.1, 0.15) is 18.4 Å². The Morgan fingerprint density at radius 2 is 2.06 bits per heavy atom. The van der Waals surface area contributed by atoms with E-state index >= 15 is 0 Å². The predicted octanol–water partition coefficient (Wildman–Crippen LogP) is 1.95. The molecule has 2 aliphatic rings. The lowest BCUT2D eigenvalue weighted by molar-refractivity contribution is 0.169. The summed E-state index contributed by atoms with van der Waals surface area (Å²) in [5, 5.41) is 13.8. The molecule has 1 saturated carbocycles. The quantitative estimate of drug-likeness (QED) is 0.824. The zero-order chi connectivity index (χ0) is 11.2. The predicted molar refractivity (Wildman–Crippen MR) is 64.8 cm³/mol. The normalized spacial score (nSPS) is 36.9. The third-order valence-electron chi connectivity index (χ3n) is 4.42. The van der Waals surface area contributed by atoms with Crippen LogP contribution in [-0.2, 0) is 5.41 Å². The number of aliphatic hydroxyl groups is 1. The van der Waals surface area contributed by atoms with Crippen molar-refractivity contribution in [1.82, 2.24) is 5.32 Å². The minimum atomic E-state index is 0.0824. The standard InChI is InChI=1S/C13H16ClNO/c14-11-3-1-10(2-4-11)13-5-6-15-8-12(13,7-13)9-16/h1-4,15-16H,5-9H2/t12-,13-/m1/s1. The van der Waals surface area contributed by atoms with Crippen LogP contribution in [0, 0.1) is 5.41 Å². The van der Waals surface area contributed by atoms with Crippen LogP contribution in [0.15, 0.2) is 24.3 Å². The fourth-order valence-corrected chi connectivity index (χ4v) is 3.46. The largest absolute Gasteiger partial charge is 0.396 e. The van der Waals surface area contributed by atoms with Crippen LogP contribution in [-0.4, -0.2) is 24.8 Å². The van der Waals surface area contributed by atoms with E-state index < -0.39 is 0 Å². The van der Waals surface area contributed by atoms with Crippen molar-refractivity contribution in [1.29, 1.82) is 0 Å². The molecule has 3 rings (SSSR count). The van der Waals surface area contributed by atoms with E-state index in [1.165, 1.54) is 5.56 Å². The van der Waals surface area contributed by atoms with Gasteiger partial charge < -0.3 is 10.4 Å². The lowest BCUT2D eigenvalue weighted by Gasteiger charge is -2.30. The SMILES string of the molecule is OC[C@@]12CNCC[C@]1(c1ccc(Cl)cc1)C2. The molecule has 3 heteroatoms. The second-order valence-corrected chi connectivity index (χ2v) is 5.57. The Balaban J connectivity index is 1.97. The molecule has 1 aliphatic carbocycles. The van der Waals surface area contributed by atoms with Crippen molar-refractivity contribution in [2.24, 2.45) is 5.41 Å². The van der Waals surface area contributed by atoms with Crippen LogP contribution in [0.2, 0.25) is 5.02 Å². The van der Waals surface area contributed by atoms with E-state index in [1.807, 2.05) is 12.1 Å². The number of hydrogen-bond donors (Lipinski definition) is 2. The minimum Gasteiger partial charge on any atom is -0.396 e. The molecule has 0 spiro atoms. The number of nitrogens with one attached hydrogen (secondary N) is 1. The number of benzene rings is 1. The van der Waals surface area contributed by atoms with Gasteiger partial charge in [-0.2, -0.15) is 0 Å². The van der Waals surface area contributed by atoms with Crippen molar-refractivity contribution >= 4 is 11.6 Å². The van der Waals surface area contributed by atoms with E-state index in [4.69, 9.17) is 11.6 Å². The third-order valence-corrected chi connectivity index (χ3v) is 4.67. The molecule has 16 heavy (non-hydrogen) atoms. The number of fused-ring (bicyclic) bond motifs is 1. The number of rotatable bonds is 2. The Hall–Kier alpha value is -0.570. The summed E-state index contributed by atoms with van der Waals surface area (Å²) >= 11 is 5.92. The molecule has 2 nitrogen and oxygen atoms in total. The second-order valence-electron chi connectivity index (χ2n) is 5.13. The van der Waals surface area contributed by atoms with Crippen LogP contribution >= 0.6 is 11.6 Å². The molecule has 2 atom stereocenters. The molecule has 2 N–H and O–H groups in total. The zero-order valence-corrected chi connectivity index (χ0v) is 9.93. The first-order valence-electron chi connectivity index (χ1n) is 5.80. The fraction of sp³-hybridized carbons (Fsp3) is 0.538. The van der Waals surface area contributed by atoms with E-state index in [0.717, 1.165) is 31.0 Å². The summed E-state index contributed by atoms with van der Waals surface area (Å²) in [5.74, 6) is 0. The van der Waals surface area contributed by atoms with Crippen molar-refractivity contribution in [3.05, 3.63) is 34.9 Å². The number of aliphatic hydroxyl groups excluding tert-OH is 1. The monoisotopic (exact) mass is 237 g/mol. The summed E-state index contributed by atoms with van der Waals surface area (Å²) < 4.78 is 0. The first-order chi connectivity index (χ1) is 7.72. The van der Waals surface area contributed by atoms with Gasteiger partial charge in [0.15, 0.2) is 0 Å². The Labute approximate surface area is 101 Å². The Morgan fingerprint density at radius 3 is 2.75 bits per heavy atom. The average molecular weight is 238 g/mol. The molecule has 0 aromatic heterocycles. The van der Waals surface area contributed by atoms with Crippen molar-refractivity contribution < 1.29 is 5.11 Å². The van der Waals surface area contributed by atoms with Crippen LogP contribution < -0.4 is 5.32 Å². The molecule has 0 bridgehead atoms. The van der Waals surface area contributed by atoms with Gasteiger partial charge in [-0.05, 0) is 37.1 Å². The third kappa shape index (κ3) is 1.27. The van der Waals surface area contributed by atoms with Gasteiger partial charge in [0.25, 0.3) is 0 Å². The molecule has 0 unspecified atom stereocenters. The highest BCUT2D eigenvalue weighted by molar-refractivity contribution is 6.30. The second kappa shape index (κ2) is 3.46. The summed E-state index contributed by atoms with van der Waals surface area (Å²) in [7, 11) is 0. The van der Waals surface area contributed by atoms with Gasteiger partial charge in [-0.25, -0.2) is 0 Å². The highest BCUT2D eigenvalue weighted by Crippen LogP contribution is 2.67. The van der Waals surface area contributed by atoms with E-state index in [0.29, 0.717) is 0 Å². The Morgan fingerprint density at radius 1 is 1.31 bits per heavy atom. The van der Waals surface area contributed by atoms with Gasteiger partial charge in [0.05, 0.1) is 6.61 Å². The summed E-state index contributed by atoms with van der Waals surface area (Å²) in [6.45, 7) is 2.26. The van der Waals surface area contributed by atoms with Crippen molar-refractivity contribution in [3.8, 4) is 0 Å². The van der Waals surface area contributed by atoms with Crippen LogP contribution in [0.3, 0.4) is 0 Å². The first-order valence-corrected chi connectivity index (χ1v) is 6.18. The maximum absolute atomic E-state index is 9.61. The summed E-state index contributed by atoms with van der Waals surface area (Å²) in [6, 6.07) is 8.14. The van der Waals surface area contributed by atoms with Gasteiger partial charge in [0, 0.05) is 22.4 Å². The van der Waals surface area contributed by atoms with E-state index in [-0.39, 0.29) is 17.4 Å². The summed E-state index contributed by atoms with van der Waals surface area (Å²) in [5.41, 5.74) is 1.63. The number of hydrogen-bond acceptors (Lipinski definition) is 2. The highest BCUT2D eigenvalue weighted by atomic mass is 35.5. The number of piperidine rings is 1. The van der Waals surface area contributed by atoms with Crippen LogP contribution in [0.4, 0.5) is 0 Å². The maximum atomic E-state index is 9.61. The zero-order valence-electron chi connectivity index (χ0n) is 9.17. The van der Waals surface area contributed by atoms with Gasteiger partial charge in [-0.1, -0.05) is 23.7 Å². The van der Waals surface area contributed by atoms with Crippen molar-refractivity contribution in [2.45, 2.75) is 18.3 Å². The summed E-state index contributed by atoms with van der Waals surface area (Å²) in [6.07, 6.45) is 2.22. The fourth-order valence-electron chi connectivity index (χ4n) is 3.33. The van der Waals surface area contributed by atoms with Gasteiger partial charge in [0.2, 0.25) is 0 Å². The molecule has 1 aromatic rings. The van der Waals surface area contributed by atoms with Gasteiger partial charge >= 0.3 is 0 Å². The molecule has 2 fully saturated rings. The molecule has 1 aromatic carbocycles. The first kappa shape index (κ1) is 10.6. The molecule has 86 valence electrons. The van der Waals surface area contributed by atoms with E-state index in [1.54, 1.807) is 0 Å². The smallest absolute Gasteiger partial charge is 0.0508 e. The molecule has 1 heterocycles. The Kier molecular flexibility index (Phi) is 2.29. The Bertz CT molecular complexity index is 405. The molecule has 0 amide bonds. The number of halogens is 1. The van der Waals surface area contributed by atoms with E-state index in [9.17, 15) is 5.11 Å². The average Bonchev–Trinajstić information content (AvgIpc) is 3.01. The molecular weight excluding hydrogens is 222 g/mol. The summed E-state index contributed by atoms with van der Waals surface area (Å²) in [4.78, 5) is 0. The molecule has 1 aliphatic heterocycles. The van der Waals surface area contributed by atoms with Gasteiger partial charge in [0.1, 0.15) is 0 Å². The van der Waals surface area contributed by atoms with Crippen molar-refractivity contribution in [3.63, 3.8) is 0 Å². The van der Waals surface area contributed by atoms with Crippen molar-refractivity contribution in [2.75, 3.05) is 19.7 Å². The van der Waals surface area contributed by atoms with E-state index in [2.05, 4.69) is 17.4 Å². The molecule has 1 saturated heterocycles. The van der Waals surface area contributed by atoms with Gasteiger partial charge in [-0.15, -0.1) is 0 Å². The van der Waals surface area contributed by atoms with Gasteiger partial charge in [-0.3, -0.25) is 0 Å². The lowest BCUT2D eigenvalue weighted by atomic mass is 9.81.